The van der Waals surface area contributed by atoms with Gasteiger partial charge in [0.15, 0.2) is 0 Å². The van der Waals surface area contributed by atoms with Crippen molar-refractivity contribution in [2.45, 2.75) is 19.3 Å². The first-order valence-electron chi connectivity index (χ1n) is 14.4. The molecule has 8 aromatic rings. The van der Waals surface area contributed by atoms with Gasteiger partial charge in [0.2, 0.25) is 5.95 Å². The Labute approximate surface area is 242 Å². The molecule has 0 aliphatic heterocycles. The zero-order chi connectivity index (χ0) is 28.0. The SMILES string of the molecule is CC1(C)c2ccccc2-c2c1c1c(c3ccccc23)c2cnccc2n1-c1nc(-c2ccccc2)c2ccccc2n1. The number of aromatic nitrogens is 4. The van der Waals surface area contributed by atoms with Gasteiger partial charge in [-0.1, -0.05) is 111 Å². The fourth-order valence-electron chi connectivity index (χ4n) is 7.27. The number of rotatable bonds is 2. The summed E-state index contributed by atoms with van der Waals surface area (Å²) in [5.74, 6) is 0.669. The number of hydrogen-bond donors (Lipinski definition) is 0. The molecule has 4 heteroatoms. The van der Waals surface area contributed by atoms with Crippen molar-refractivity contribution in [3.8, 4) is 28.3 Å². The van der Waals surface area contributed by atoms with E-state index in [1.807, 2.05) is 18.5 Å². The molecule has 0 radical (unpaired) electrons. The quantitative estimate of drug-likeness (QED) is 0.220. The predicted octanol–water partition coefficient (Wildman–Crippen LogP) is 9.25. The van der Waals surface area contributed by atoms with E-state index in [0.29, 0.717) is 5.95 Å². The number of pyridine rings is 1. The molecule has 3 heterocycles. The lowest BCUT2D eigenvalue weighted by Gasteiger charge is -2.24. The van der Waals surface area contributed by atoms with Crippen molar-refractivity contribution in [3.05, 3.63) is 133 Å². The van der Waals surface area contributed by atoms with Crippen LogP contribution in [0.3, 0.4) is 0 Å². The van der Waals surface area contributed by atoms with Crippen LogP contribution in [-0.2, 0) is 5.41 Å². The highest BCUT2D eigenvalue weighted by atomic mass is 15.2. The summed E-state index contributed by atoms with van der Waals surface area (Å²) in [7, 11) is 0. The van der Waals surface area contributed by atoms with E-state index in [-0.39, 0.29) is 5.41 Å². The number of fused-ring (bicyclic) bond motifs is 11. The maximum Gasteiger partial charge on any atom is 0.235 e. The van der Waals surface area contributed by atoms with E-state index in [9.17, 15) is 0 Å². The normalized spacial score (nSPS) is 13.7. The van der Waals surface area contributed by atoms with Gasteiger partial charge in [-0.25, -0.2) is 9.97 Å². The largest absolute Gasteiger partial charge is 0.277 e. The highest BCUT2D eigenvalue weighted by Gasteiger charge is 2.40. The minimum atomic E-state index is -0.229. The maximum absolute atomic E-state index is 5.35. The van der Waals surface area contributed by atoms with Crippen molar-refractivity contribution in [2.75, 3.05) is 0 Å². The molecule has 0 atom stereocenters. The molecule has 0 saturated heterocycles. The van der Waals surface area contributed by atoms with Crippen molar-refractivity contribution in [1.29, 1.82) is 0 Å². The molecule has 1 aliphatic rings. The summed E-state index contributed by atoms with van der Waals surface area (Å²) in [5, 5.41) is 5.84. The van der Waals surface area contributed by atoms with Gasteiger partial charge in [0.1, 0.15) is 0 Å². The van der Waals surface area contributed by atoms with Gasteiger partial charge in [-0.05, 0) is 45.2 Å². The Morgan fingerprint density at radius 2 is 1.36 bits per heavy atom. The Morgan fingerprint density at radius 1 is 0.643 bits per heavy atom. The third-order valence-electron chi connectivity index (χ3n) is 9.05. The van der Waals surface area contributed by atoms with Gasteiger partial charge in [0.25, 0.3) is 0 Å². The lowest BCUT2D eigenvalue weighted by Crippen LogP contribution is -2.17. The van der Waals surface area contributed by atoms with Gasteiger partial charge in [-0.15, -0.1) is 0 Å². The third-order valence-corrected chi connectivity index (χ3v) is 9.05. The minimum absolute atomic E-state index is 0.229. The summed E-state index contributed by atoms with van der Waals surface area (Å²) >= 11 is 0. The van der Waals surface area contributed by atoms with Crippen molar-refractivity contribution in [2.24, 2.45) is 0 Å². The molecule has 1 aliphatic carbocycles. The molecule has 0 bridgehead atoms. The van der Waals surface area contributed by atoms with Crippen molar-refractivity contribution in [1.82, 2.24) is 19.5 Å². The summed E-state index contributed by atoms with van der Waals surface area (Å²) in [6.07, 6.45) is 3.88. The highest BCUT2D eigenvalue weighted by molar-refractivity contribution is 6.26. The van der Waals surface area contributed by atoms with Gasteiger partial charge < -0.3 is 0 Å². The van der Waals surface area contributed by atoms with E-state index in [0.717, 1.165) is 38.6 Å². The fourth-order valence-corrected chi connectivity index (χ4v) is 7.27. The van der Waals surface area contributed by atoms with Gasteiger partial charge >= 0.3 is 0 Å². The van der Waals surface area contributed by atoms with Crippen LogP contribution in [-0.4, -0.2) is 19.5 Å². The lowest BCUT2D eigenvalue weighted by molar-refractivity contribution is 0.664. The smallest absolute Gasteiger partial charge is 0.235 e. The number of hydrogen-bond acceptors (Lipinski definition) is 3. The van der Waals surface area contributed by atoms with Crippen LogP contribution in [0.15, 0.2) is 122 Å². The van der Waals surface area contributed by atoms with E-state index in [2.05, 4.69) is 127 Å². The van der Waals surface area contributed by atoms with Crippen molar-refractivity contribution >= 4 is 43.5 Å². The molecule has 0 saturated carbocycles. The fraction of sp³-hybridized carbons (Fsp3) is 0.0789. The first-order valence-corrected chi connectivity index (χ1v) is 14.4. The zero-order valence-electron chi connectivity index (χ0n) is 23.3. The van der Waals surface area contributed by atoms with E-state index < -0.39 is 0 Å². The maximum atomic E-state index is 5.35. The van der Waals surface area contributed by atoms with Crippen LogP contribution in [0, 0.1) is 0 Å². The van der Waals surface area contributed by atoms with Crippen LogP contribution in [0.2, 0.25) is 0 Å². The molecule has 4 nitrogen and oxygen atoms in total. The second kappa shape index (κ2) is 8.34. The van der Waals surface area contributed by atoms with E-state index >= 15 is 0 Å². The van der Waals surface area contributed by atoms with Crippen LogP contribution in [0.1, 0.15) is 25.0 Å². The molecule has 0 amide bonds. The molecular formula is C38H26N4. The molecular weight excluding hydrogens is 512 g/mol. The number of nitrogens with zero attached hydrogens (tertiary/aromatic N) is 4. The monoisotopic (exact) mass is 538 g/mol. The second-order valence-corrected chi connectivity index (χ2v) is 11.7. The molecule has 3 aromatic heterocycles. The van der Waals surface area contributed by atoms with Gasteiger partial charge in [-0.3, -0.25) is 9.55 Å². The average Bonchev–Trinajstić information content (AvgIpc) is 3.50. The summed E-state index contributed by atoms with van der Waals surface area (Å²) in [5.41, 5.74) is 10.2. The van der Waals surface area contributed by atoms with E-state index in [1.165, 1.54) is 38.4 Å². The number of benzene rings is 5. The van der Waals surface area contributed by atoms with Gasteiger partial charge in [0, 0.05) is 39.5 Å². The van der Waals surface area contributed by atoms with E-state index in [1.54, 1.807) is 0 Å². The summed E-state index contributed by atoms with van der Waals surface area (Å²) in [6.45, 7) is 4.70. The van der Waals surface area contributed by atoms with Gasteiger partial charge in [0.05, 0.1) is 22.2 Å². The predicted molar refractivity (Wildman–Crippen MR) is 172 cm³/mol. The second-order valence-electron chi connectivity index (χ2n) is 11.7. The lowest BCUT2D eigenvalue weighted by atomic mass is 9.80. The minimum Gasteiger partial charge on any atom is -0.277 e. The Kier molecular flexibility index (Phi) is 4.64. The Balaban J connectivity index is 1.53. The molecule has 0 unspecified atom stereocenters. The molecule has 0 fully saturated rings. The van der Waals surface area contributed by atoms with Crippen LogP contribution in [0.5, 0.6) is 0 Å². The summed E-state index contributed by atoms with van der Waals surface area (Å²) < 4.78 is 2.30. The van der Waals surface area contributed by atoms with Crippen LogP contribution < -0.4 is 0 Å². The third kappa shape index (κ3) is 2.98. The van der Waals surface area contributed by atoms with E-state index in [4.69, 9.17) is 9.97 Å². The van der Waals surface area contributed by atoms with Crippen molar-refractivity contribution in [3.63, 3.8) is 0 Å². The van der Waals surface area contributed by atoms with Crippen LogP contribution in [0.25, 0.3) is 71.8 Å². The first kappa shape index (κ1) is 23.4. The van der Waals surface area contributed by atoms with Crippen LogP contribution >= 0.6 is 0 Å². The molecule has 5 aromatic carbocycles. The molecule has 9 rings (SSSR count). The first-order chi connectivity index (χ1) is 20.6. The summed E-state index contributed by atoms with van der Waals surface area (Å²) in [4.78, 5) is 15.2. The van der Waals surface area contributed by atoms with Gasteiger partial charge in [-0.2, -0.15) is 0 Å². The highest BCUT2D eigenvalue weighted by Crippen LogP contribution is 2.56. The Morgan fingerprint density at radius 3 is 2.21 bits per heavy atom. The Bertz CT molecular complexity index is 2380. The topological polar surface area (TPSA) is 43.6 Å². The Hall–Kier alpha value is -5.35. The summed E-state index contributed by atoms with van der Waals surface area (Å²) in [6, 6.07) is 38.5. The zero-order valence-corrected chi connectivity index (χ0v) is 23.3. The average molecular weight is 539 g/mol. The standard InChI is InChI=1S/C38H26N4/c1-38(2)29-18-10-8-16-26(29)32-24-14-6-7-15-25(24)33-28-22-39-21-20-31(28)42(36(33)34(32)38)37-40-30-19-11-9-17-27(30)35(41-37)23-12-4-3-5-13-23/h3-22H,1-2H3. The molecule has 0 N–H and O–H groups in total. The molecule has 198 valence electrons. The van der Waals surface area contributed by atoms with Crippen molar-refractivity contribution < 1.29 is 0 Å². The molecule has 42 heavy (non-hydrogen) atoms. The molecule has 0 spiro atoms. The number of para-hydroxylation sites is 1. The van der Waals surface area contributed by atoms with Crippen LogP contribution in [0.4, 0.5) is 0 Å².